The summed E-state index contributed by atoms with van der Waals surface area (Å²) in [7, 11) is 0. The van der Waals surface area contributed by atoms with E-state index in [1.807, 2.05) is 13.8 Å². The highest BCUT2D eigenvalue weighted by Crippen LogP contribution is 2.45. The molecule has 0 N–H and O–H groups in total. The predicted octanol–water partition coefficient (Wildman–Crippen LogP) is 1.70. The molecule has 0 aromatic carbocycles. The maximum atomic E-state index is 13.2. The van der Waals surface area contributed by atoms with Gasteiger partial charge in [-0.05, 0) is 12.5 Å². The molecule has 1 spiro atoms. The van der Waals surface area contributed by atoms with Crippen molar-refractivity contribution in [3.05, 3.63) is 33.2 Å². The lowest BCUT2D eigenvalue weighted by Crippen LogP contribution is -2.49. The van der Waals surface area contributed by atoms with Crippen LogP contribution in [-0.2, 0) is 53.1 Å². The van der Waals surface area contributed by atoms with Gasteiger partial charge < -0.3 is 23.5 Å². The van der Waals surface area contributed by atoms with Gasteiger partial charge in [0.1, 0.15) is 6.61 Å². The van der Waals surface area contributed by atoms with Crippen LogP contribution >= 0.6 is 0 Å². The molecule has 0 amide bonds. The van der Waals surface area contributed by atoms with Gasteiger partial charge in [-0.3, -0.25) is 9.59 Å². The lowest BCUT2D eigenvalue weighted by atomic mass is 9.85. The first-order valence-electron chi connectivity index (χ1n) is 9.56. The third kappa shape index (κ3) is 2.62. The van der Waals surface area contributed by atoms with Crippen molar-refractivity contribution in [1.29, 1.82) is 0 Å². The van der Waals surface area contributed by atoms with E-state index in [1.165, 1.54) is 6.92 Å². The van der Waals surface area contributed by atoms with E-state index >= 15 is 0 Å². The van der Waals surface area contributed by atoms with Crippen LogP contribution in [0.1, 0.15) is 57.4 Å². The molecule has 1 unspecified atom stereocenters. The fourth-order valence-electron chi connectivity index (χ4n) is 4.23. The molecule has 1 saturated heterocycles. The van der Waals surface area contributed by atoms with Crippen LogP contribution in [0.5, 0.6) is 0 Å². The number of carbonyl (C=O) groups is 2. The Hall–Kier alpha value is -2.19. The lowest BCUT2D eigenvalue weighted by Gasteiger charge is -2.42. The van der Waals surface area contributed by atoms with Crippen LogP contribution in [0.25, 0.3) is 0 Å². The minimum atomic E-state index is -1.63. The highest BCUT2D eigenvalue weighted by Gasteiger charge is 2.53. The van der Waals surface area contributed by atoms with Crippen molar-refractivity contribution in [3.63, 3.8) is 0 Å². The van der Waals surface area contributed by atoms with Crippen LogP contribution in [0.3, 0.4) is 0 Å². The molecular weight excluding hydrogens is 366 g/mol. The fourth-order valence-corrected chi connectivity index (χ4v) is 4.23. The summed E-state index contributed by atoms with van der Waals surface area (Å²) in [6.45, 7) is 8.33. The topological polar surface area (TPSA) is 93.1 Å². The van der Waals surface area contributed by atoms with Crippen LogP contribution in [0.15, 0.2) is 10.9 Å². The third-order valence-corrected chi connectivity index (χ3v) is 5.78. The van der Waals surface area contributed by atoms with Gasteiger partial charge in [0.25, 0.3) is 5.56 Å². The van der Waals surface area contributed by atoms with Crippen molar-refractivity contribution in [1.82, 2.24) is 4.57 Å². The number of hydrogen-bond acceptors (Lipinski definition) is 7. The monoisotopic (exact) mass is 391 g/mol. The molecular formula is C20H25NO7. The Morgan fingerprint density at radius 1 is 1.25 bits per heavy atom. The number of hydrogen-bond donors (Lipinski definition) is 0. The van der Waals surface area contributed by atoms with Crippen molar-refractivity contribution >= 4 is 11.9 Å². The Kier molecular flexibility index (Phi) is 4.21. The summed E-state index contributed by atoms with van der Waals surface area (Å²) in [6, 6.07) is 1.73. The van der Waals surface area contributed by atoms with E-state index in [9.17, 15) is 14.4 Å². The number of esters is 2. The molecule has 0 bridgehead atoms. The van der Waals surface area contributed by atoms with Crippen molar-refractivity contribution in [3.8, 4) is 0 Å². The van der Waals surface area contributed by atoms with Crippen LogP contribution in [0.4, 0.5) is 0 Å². The number of carbonyl (C=O) groups excluding carboxylic acids is 2. The van der Waals surface area contributed by atoms with E-state index in [2.05, 4.69) is 0 Å². The number of pyridine rings is 1. The van der Waals surface area contributed by atoms with E-state index in [0.717, 1.165) is 0 Å². The highest BCUT2D eigenvalue weighted by molar-refractivity contribution is 5.86. The van der Waals surface area contributed by atoms with Crippen molar-refractivity contribution in [2.75, 3.05) is 13.2 Å². The zero-order chi connectivity index (χ0) is 20.3. The zero-order valence-corrected chi connectivity index (χ0v) is 16.6. The second kappa shape index (κ2) is 6.15. The fraction of sp³-hybridized carbons (Fsp3) is 0.650. The summed E-state index contributed by atoms with van der Waals surface area (Å²) in [4.78, 5) is 37.6. The SMILES string of the molecule is CCC1(OC(C)=O)C(=O)OCc2c1cc1n(c2=O)CCC12OCC(C)(C)CO2. The maximum absolute atomic E-state index is 13.2. The molecule has 1 aromatic rings. The molecule has 4 heterocycles. The van der Waals surface area contributed by atoms with E-state index in [-0.39, 0.29) is 24.0 Å². The molecule has 1 fully saturated rings. The number of nitrogens with zero attached hydrogens (tertiary/aromatic N) is 1. The molecule has 8 nitrogen and oxygen atoms in total. The summed E-state index contributed by atoms with van der Waals surface area (Å²) in [5.74, 6) is -2.31. The molecule has 8 heteroatoms. The van der Waals surface area contributed by atoms with Gasteiger partial charge >= 0.3 is 11.9 Å². The summed E-state index contributed by atoms with van der Waals surface area (Å²) < 4.78 is 24.5. The number of cyclic esters (lactones) is 1. The van der Waals surface area contributed by atoms with Crippen LogP contribution < -0.4 is 5.56 Å². The first kappa shape index (κ1) is 19.1. The zero-order valence-electron chi connectivity index (χ0n) is 16.6. The first-order valence-corrected chi connectivity index (χ1v) is 9.56. The minimum Gasteiger partial charge on any atom is -0.457 e. The summed E-state index contributed by atoms with van der Waals surface area (Å²) in [6.07, 6.45) is 0.658. The molecule has 28 heavy (non-hydrogen) atoms. The molecule has 1 atom stereocenters. The van der Waals surface area contributed by atoms with Gasteiger partial charge in [0.05, 0.1) is 24.5 Å². The first-order chi connectivity index (χ1) is 13.1. The second-order valence-electron chi connectivity index (χ2n) is 8.47. The van der Waals surface area contributed by atoms with Crippen molar-refractivity contribution in [2.24, 2.45) is 5.41 Å². The van der Waals surface area contributed by atoms with Gasteiger partial charge in [0.15, 0.2) is 0 Å². The summed E-state index contributed by atoms with van der Waals surface area (Å²) >= 11 is 0. The van der Waals surface area contributed by atoms with E-state index in [0.29, 0.717) is 43.0 Å². The summed E-state index contributed by atoms with van der Waals surface area (Å²) in [5, 5.41) is 0. The summed E-state index contributed by atoms with van der Waals surface area (Å²) in [5.41, 5.74) is -0.755. The molecule has 0 saturated carbocycles. The van der Waals surface area contributed by atoms with Crippen LogP contribution in [0.2, 0.25) is 0 Å². The smallest absolute Gasteiger partial charge is 0.355 e. The van der Waals surface area contributed by atoms with Gasteiger partial charge in [0.2, 0.25) is 11.4 Å². The van der Waals surface area contributed by atoms with E-state index in [4.69, 9.17) is 18.9 Å². The lowest BCUT2D eigenvalue weighted by molar-refractivity contribution is -0.306. The van der Waals surface area contributed by atoms with Gasteiger partial charge in [-0.2, -0.15) is 0 Å². The molecule has 3 aliphatic rings. The normalized spacial score (nSPS) is 27.1. The van der Waals surface area contributed by atoms with Crippen LogP contribution in [-0.4, -0.2) is 29.7 Å². The molecule has 152 valence electrons. The molecule has 0 radical (unpaired) electrons. The second-order valence-corrected chi connectivity index (χ2v) is 8.47. The maximum Gasteiger partial charge on any atom is 0.355 e. The van der Waals surface area contributed by atoms with Gasteiger partial charge in [0, 0.05) is 30.9 Å². The molecule has 3 aliphatic heterocycles. The Balaban J connectivity index is 1.89. The third-order valence-electron chi connectivity index (χ3n) is 5.78. The number of rotatable bonds is 2. The quantitative estimate of drug-likeness (QED) is 0.709. The highest BCUT2D eigenvalue weighted by atomic mass is 16.7. The van der Waals surface area contributed by atoms with Crippen LogP contribution in [0, 0.1) is 5.41 Å². The molecule has 0 aliphatic carbocycles. The standard InChI is InChI=1S/C20H25NO7/c1-5-19(28-12(2)22)14-8-15-20(26-10-18(3,4)11-27-20)6-7-21(15)16(23)13(14)9-25-17(19)24/h8H,5-7,9-11H2,1-4H3. The predicted molar refractivity (Wildman–Crippen MR) is 96.2 cm³/mol. The van der Waals surface area contributed by atoms with Gasteiger partial charge in [-0.15, -0.1) is 0 Å². The Labute approximate surface area is 162 Å². The Morgan fingerprint density at radius 2 is 1.93 bits per heavy atom. The van der Waals surface area contributed by atoms with Gasteiger partial charge in [-0.1, -0.05) is 20.8 Å². The number of fused-ring (bicyclic) bond motifs is 3. The number of aromatic nitrogens is 1. The van der Waals surface area contributed by atoms with E-state index < -0.39 is 23.3 Å². The minimum absolute atomic E-state index is 0.123. The number of ether oxygens (including phenoxy) is 4. The molecule has 1 aromatic heterocycles. The van der Waals surface area contributed by atoms with Gasteiger partial charge in [-0.25, -0.2) is 4.79 Å². The van der Waals surface area contributed by atoms with Crippen molar-refractivity contribution < 1.29 is 28.5 Å². The Morgan fingerprint density at radius 3 is 2.54 bits per heavy atom. The average molecular weight is 391 g/mol. The average Bonchev–Trinajstić information content (AvgIpc) is 2.99. The van der Waals surface area contributed by atoms with E-state index in [1.54, 1.807) is 17.6 Å². The molecule has 4 rings (SSSR count). The largest absolute Gasteiger partial charge is 0.457 e. The Bertz CT molecular complexity index is 906. The van der Waals surface area contributed by atoms with Crippen molar-refractivity contribution in [2.45, 2.75) is 65.1 Å².